The molecule has 22 heavy (non-hydrogen) atoms. The van der Waals surface area contributed by atoms with E-state index in [9.17, 15) is 4.79 Å². The summed E-state index contributed by atoms with van der Waals surface area (Å²) in [6.45, 7) is 7.93. The van der Waals surface area contributed by atoms with E-state index in [1.165, 1.54) is 12.8 Å². The summed E-state index contributed by atoms with van der Waals surface area (Å²) in [6.07, 6.45) is 9.87. The summed E-state index contributed by atoms with van der Waals surface area (Å²) in [4.78, 5) is 16.9. The minimum atomic E-state index is 0.128. The molecule has 0 atom stereocenters. The first kappa shape index (κ1) is 15.6. The summed E-state index contributed by atoms with van der Waals surface area (Å²) in [5, 5.41) is 4.64. The lowest BCUT2D eigenvalue weighted by atomic mass is 9.85. The molecular weight excluding hydrogens is 300 g/mol. The third-order valence-corrected chi connectivity index (χ3v) is 5.23. The molecule has 3 heterocycles. The van der Waals surface area contributed by atoms with E-state index in [4.69, 9.17) is 11.6 Å². The largest absolute Gasteiger partial charge is 0.341 e. The van der Waals surface area contributed by atoms with Gasteiger partial charge in [0.25, 0.3) is 0 Å². The molecule has 1 aromatic heterocycles. The van der Waals surface area contributed by atoms with E-state index >= 15 is 0 Å². The Kier molecular flexibility index (Phi) is 4.54. The smallest absolute Gasteiger partial charge is 0.244 e. The monoisotopic (exact) mass is 322 g/mol. The van der Waals surface area contributed by atoms with Gasteiger partial charge < -0.3 is 4.90 Å². The van der Waals surface area contributed by atoms with E-state index in [0.29, 0.717) is 10.6 Å². The van der Waals surface area contributed by atoms with Gasteiger partial charge in [-0.3, -0.25) is 14.4 Å². The van der Waals surface area contributed by atoms with Crippen LogP contribution in [0.25, 0.3) is 0 Å². The normalized spacial score (nSPS) is 21.4. The van der Waals surface area contributed by atoms with Gasteiger partial charge in [0.2, 0.25) is 5.91 Å². The van der Waals surface area contributed by atoms with Crippen LogP contribution in [0.2, 0.25) is 5.02 Å². The molecule has 1 spiro atoms. The molecule has 3 rings (SSSR count). The molecule has 120 valence electrons. The number of piperidine rings is 1. The Hall–Kier alpha value is -1.33. The summed E-state index contributed by atoms with van der Waals surface area (Å²) in [5.41, 5.74) is 0.292. The van der Waals surface area contributed by atoms with Crippen molar-refractivity contribution in [3.63, 3.8) is 0 Å². The van der Waals surface area contributed by atoms with Gasteiger partial charge >= 0.3 is 0 Å². The Morgan fingerprint density at radius 2 is 2.14 bits per heavy atom. The average Bonchev–Trinajstić information content (AvgIpc) is 3.08. The van der Waals surface area contributed by atoms with Crippen molar-refractivity contribution < 1.29 is 4.79 Å². The molecule has 2 aliphatic heterocycles. The van der Waals surface area contributed by atoms with Crippen LogP contribution in [0.1, 0.15) is 25.7 Å². The number of carbonyl (C=O) groups excluding carboxylic acids is 1. The molecule has 0 aromatic carbocycles. The van der Waals surface area contributed by atoms with Crippen LogP contribution in [0, 0.1) is 0 Å². The first-order valence-corrected chi connectivity index (χ1v) is 8.32. The zero-order chi connectivity index (χ0) is 15.6. The van der Waals surface area contributed by atoms with Crippen molar-refractivity contribution in [1.29, 1.82) is 0 Å². The molecule has 2 fully saturated rings. The van der Waals surface area contributed by atoms with Crippen molar-refractivity contribution in [2.45, 2.75) is 37.8 Å². The van der Waals surface area contributed by atoms with Crippen molar-refractivity contribution in [3.8, 4) is 0 Å². The Bertz CT molecular complexity index is 548. The third-order valence-electron chi connectivity index (χ3n) is 5.04. The number of halogens is 1. The molecule has 1 amide bonds. The Labute approximate surface area is 136 Å². The van der Waals surface area contributed by atoms with Crippen molar-refractivity contribution in [1.82, 2.24) is 19.6 Å². The van der Waals surface area contributed by atoms with E-state index < -0.39 is 0 Å². The lowest BCUT2D eigenvalue weighted by Crippen LogP contribution is -2.53. The van der Waals surface area contributed by atoms with E-state index in [-0.39, 0.29) is 12.5 Å². The second kappa shape index (κ2) is 6.42. The molecule has 0 N–H and O–H groups in total. The van der Waals surface area contributed by atoms with Gasteiger partial charge in [-0.15, -0.1) is 6.58 Å². The van der Waals surface area contributed by atoms with Crippen LogP contribution in [0.5, 0.6) is 0 Å². The van der Waals surface area contributed by atoms with Crippen LogP contribution in [0.3, 0.4) is 0 Å². The molecule has 5 nitrogen and oxygen atoms in total. The van der Waals surface area contributed by atoms with Gasteiger partial charge in [0.15, 0.2) is 0 Å². The maximum Gasteiger partial charge on any atom is 0.244 e. The van der Waals surface area contributed by atoms with Gasteiger partial charge in [-0.05, 0) is 32.2 Å². The average molecular weight is 323 g/mol. The summed E-state index contributed by atoms with van der Waals surface area (Å²) < 4.78 is 1.61. The topological polar surface area (TPSA) is 41.4 Å². The predicted molar refractivity (Wildman–Crippen MR) is 86.8 cm³/mol. The second-order valence-electron chi connectivity index (χ2n) is 6.30. The maximum atomic E-state index is 12.4. The molecule has 2 aliphatic rings. The molecule has 1 aromatic rings. The molecular formula is C16H23ClN4O. The summed E-state index contributed by atoms with van der Waals surface area (Å²) >= 11 is 5.84. The van der Waals surface area contributed by atoms with E-state index in [0.717, 1.165) is 39.0 Å². The Morgan fingerprint density at radius 3 is 2.77 bits per heavy atom. The van der Waals surface area contributed by atoms with Crippen LogP contribution >= 0.6 is 11.6 Å². The summed E-state index contributed by atoms with van der Waals surface area (Å²) in [6, 6.07) is 0. The van der Waals surface area contributed by atoms with Crippen molar-refractivity contribution in [2.24, 2.45) is 0 Å². The third kappa shape index (κ3) is 3.06. The molecule has 0 unspecified atom stereocenters. The van der Waals surface area contributed by atoms with Gasteiger partial charge in [-0.2, -0.15) is 5.10 Å². The minimum absolute atomic E-state index is 0.128. The minimum Gasteiger partial charge on any atom is -0.341 e. The number of nitrogens with zero attached hydrogens (tertiary/aromatic N) is 4. The number of amides is 1. The highest BCUT2D eigenvalue weighted by Crippen LogP contribution is 2.38. The van der Waals surface area contributed by atoms with Crippen molar-refractivity contribution >= 4 is 17.5 Å². The highest BCUT2D eigenvalue weighted by molar-refractivity contribution is 6.30. The second-order valence-corrected chi connectivity index (χ2v) is 6.74. The number of carbonyl (C=O) groups is 1. The zero-order valence-corrected chi connectivity index (χ0v) is 13.6. The lowest BCUT2D eigenvalue weighted by Gasteiger charge is -2.44. The first-order valence-electron chi connectivity index (χ1n) is 7.95. The molecule has 0 radical (unpaired) electrons. The summed E-state index contributed by atoms with van der Waals surface area (Å²) in [5.74, 6) is 0.128. The zero-order valence-electron chi connectivity index (χ0n) is 12.9. The predicted octanol–water partition coefficient (Wildman–Crippen LogP) is 2.18. The van der Waals surface area contributed by atoms with E-state index in [2.05, 4.69) is 16.6 Å². The quantitative estimate of drug-likeness (QED) is 0.798. The van der Waals surface area contributed by atoms with Gasteiger partial charge in [0, 0.05) is 31.4 Å². The fourth-order valence-electron chi connectivity index (χ4n) is 3.84. The molecule has 0 saturated carbocycles. The fraction of sp³-hybridized carbons (Fsp3) is 0.625. The van der Waals surface area contributed by atoms with E-state index in [1.54, 1.807) is 17.1 Å². The Morgan fingerprint density at radius 1 is 1.36 bits per heavy atom. The number of aromatic nitrogens is 2. The van der Waals surface area contributed by atoms with Crippen LogP contribution in [-0.2, 0) is 11.3 Å². The van der Waals surface area contributed by atoms with Gasteiger partial charge in [0.05, 0.1) is 11.2 Å². The van der Waals surface area contributed by atoms with Crippen LogP contribution in [0.15, 0.2) is 25.0 Å². The maximum absolute atomic E-state index is 12.4. The molecule has 0 aliphatic carbocycles. The molecule has 0 bridgehead atoms. The number of rotatable bonds is 4. The van der Waals surface area contributed by atoms with Crippen LogP contribution < -0.4 is 0 Å². The molecule has 6 heteroatoms. The van der Waals surface area contributed by atoms with Crippen molar-refractivity contribution in [2.75, 3.05) is 26.2 Å². The first-order chi connectivity index (χ1) is 10.6. The SMILES string of the molecule is C=CCN1CCCC12CCN(C(=O)Cn1cc(Cl)cn1)CC2. The number of hydrogen-bond donors (Lipinski definition) is 0. The van der Waals surface area contributed by atoms with Crippen LogP contribution in [-0.4, -0.2) is 57.2 Å². The van der Waals surface area contributed by atoms with Gasteiger partial charge in [-0.25, -0.2) is 0 Å². The Balaban J connectivity index is 1.57. The highest BCUT2D eigenvalue weighted by atomic mass is 35.5. The number of hydrogen-bond acceptors (Lipinski definition) is 3. The van der Waals surface area contributed by atoms with E-state index in [1.807, 2.05) is 11.0 Å². The van der Waals surface area contributed by atoms with Gasteiger partial charge in [-0.1, -0.05) is 17.7 Å². The number of likely N-dealkylation sites (tertiary alicyclic amines) is 2. The standard InChI is InChI=1S/C16H23ClN4O/c1-2-7-20-8-3-4-16(20)5-9-19(10-6-16)15(22)13-21-12-14(17)11-18-21/h2,11-12H,1,3-10,13H2. The van der Waals surface area contributed by atoms with Crippen LogP contribution in [0.4, 0.5) is 0 Å². The lowest BCUT2D eigenvalue weighted by molar-refractivity contribution is -0.134. The molecule has 2 saturated heterocycles. The highest BCUT2D eigenvalue weighted by Gasteiger charge is 2.43. The fourth-order valence-corrected chi connectivity index (χ4v) is 3.99. The van der Waals surface area contributed by atoms with Crippen molar-refractivity contribution in [3.05, 3.63) is 30.1 Å². The summed E-state index contributed by atoms with van der Waals surface area (Å²) in [7, 11) is 0. The van der Waals surface area contributed by atoms with Gasteiger partial charge in [0.1, 0.15) is 6.54 Å².